The summed E-state index contributed by atoms with van der Waals surface area (Å²) in [5.41, 5.74) is 6.01. The fraction of sp³-hybridized carbons (Fsp3) is 0.875. The molecule has 0 bridgehead atoms. The molecule has 1 aromatic heterocycles. The maximum Gasteiger partial charge on any atom is 0.240 e. The van der Waals surface area contributed by atoms with E-state index in [-0.39, 0.29) is 0 Å². The first kappa shape index (κ1) is 16.4. The fourth-order valence-electron chi connectivity index (χ4n) is 3.11. The lowest BCUT2D eigenvalue weighted by Gasteiger charge is -2.35. The fourth-order valence-corrected chi connectivity index (χ4v) is 3.11. The van der Waals surface area contributed by atoms with E-state index in [1.54, 1.807) is 0 Å². The van der Waals surface area contributed by atoms with Crippen molar-refractivity contribution in [2.45, 2.75) is 83.8 Å². The molecule has 0 atom stereocenters. The monoisotopic (exact) mass is 294 g/mol. The van der Waals surface area contributed by atoms with Gasteiger partial charge in [0.15, 0.2) is 5.82 Å². The van der Waals surface area contributed by atoms with Crippen LogP contribution in [0.25, 0.3) is 0 Å². The van der Waals surface area contributed by atoms with Crippen LogP contribution in [0.5, 0.6) is 0 Å². The number of aryl methyl sites for hydroxylation is 1. The average molecular weight is 294 g/mol. The number of hydrogen-bond acceptors (Lipinski definition) is 5. The minimum atomic E-state index is 0.397. The van der Waals surface area contributed by atoms with E-state index in [1.807, 2.05) is 0 Å². The molecule has 1 aliphatic carbocycles. The molecule has 5 heteroatoms. The van der Waals surface area contributed by atoms with Crippen LogP contribution < -0.4 is 5.73 Å². The summed E-state index contributed by atoms with van der Waals surface area (Å²) in [5.74, 6) is 1.62. The van der Waals surface area contributed by atoms with E-state index in [1.165, 1.54) is 12.8 Å². The van der Waals surface area contributed by atoms with Crippen molar-refractivity contribution in [2.24, 2.45) is 5.73 Å². The van der Waals surface area contributed by atoms with E-state index in [0.717, 1.165) is 63.3 Å². The zero-order valence-corrected chi connectivity index (χ0v) is 13.6. The molecule has 0 spiro atoms. The smallest absolute Gasteiger partial charge is 0.240 e. The van der Waals surface area contributed by atoms with Gasteiger partial charge in [-0.05, 0) is 45.1 Å². The summed E-state index contributed by atoms with van der Waals surface area (Å²) in [5, 5.41) is 4.09. The van der Waals surface area contributed by atoms with Crippen molar-refractivity contribution in [3.8, 4) is 0 Å². The normalized spacial score (nSPS) is 22.9. The molecule has 0 unspecified atom stereocenters. The summed E-state index contributed by atoms with van der Waals surface area (Å²) in [6, 6.07) is 1.02. The quantitative estimate of drug-likeness (QED) is 0.798. The average Bonchev–Trinajstić information content (AvgIpc) is 2.93. The van der Waals surface area contributed by atoms with Crippen LogP contribution in [-0.2, 0) is 13.0 Å². The van der Waals surface area contributed by atoms with E-state index in [0.29, 0.717) is 12.1 Å². The maximum absolute atomic E-state index is 6.01. The standard InChI is InChI=1S/C16H30N4O/c1-3-5-6-15-18-16(21-19-15)12-20(11-4-2)14-9-7-13(17)8-10-14/h13-14H,3-12,17H2,1-2H3. The SMILES string of the molecule is CCCCc1noc(CN(CCC)C2CCC(N)CC2)n1. The van der Waals surface area contributed by atoms with Crippen LogP contribution in [0, 0.1) is 0 Å². The first-order valence-electron chi connectivity index (χ1n) is 8.54. The minimum absolute atomic E-state index is 0.397. The molecule has 2 rings (SSSR count). The van der Waals surface area contributed by atoms with Crippen molar-refractivity contribution in [1.82, 2.24) is 15.0 Å². The zero-order chi connectivity index (χ0) is 15.1. The largest absolute Gasteiger partial charge is 0.338 e. The molecule has 1 fully saturated rings. The molecule has 120 valence electrons. The highest BCUT2D eigenvalue weighted by Gasteiger charge is 2.25. The first-order valence-corrected chi connectivity index (χ1v) is 8.54. The Balaban J connectivity index is 1.90. The zero-order valence-electron chi connectivity index (χ0n) is 13.6. The molecule has 1 saturated carbocycles. The summed E-state index contributed by atoms with van der Waals surface area (Å²) in [6.07, 6.45) is 9.01. The van der Waals surface area contributed by atoms with Gasteiger partial charge < -0.3 is 10.3 Å². The predicted octanol–water partition coefficient (Wildman–Crippen LogP) is 2.89. The van der Waals surface area contributed by atoms with Gasteiger partial charge >= 0.3 is 0 Å². The Morgan fingerprint density at radius 2 is 1.95 bits per heavy atom. The van der Waals surface area contributed by atoms with Crippen LogP contribution in [0.1, 0.15) is 70.5 Å². The predicted molar refractivity (Wildman–Crippen MR) is 83.8 cm³/mol. The molecule has 1 heterocycles. The third-order valence-corrected chi connectivity index (χ3v) is 4.37. The molecule has 0 aliphatic heterocycles. The Hall–Kier alpha value is -0.940. The minimum Gasteiger partial charge on any atom is -0.338 e. The Bertz CT molecular complexity index is 399. The number of nitrogens with two attached hydrogens (primary N) is 1. The molecule has 0 saturated heterocycles. The van der Waals surface area contributed by atoms with Gasteiger partial charge in [0.05, 0.1) is 6.54 Å². The number of unbranched alkanes of at least 4 members (excludes halogenated alkanes) is 1. The summed E-state index contributed by atoms with van der Waals surface area (Å²) < 4.78 is 5.42. The van der Waals surface area contributed by atoms with Gasteiger partial charge in [-0.1, -0.05) is 25.4 Å². The highest BCUT2D eigenvalue weighted by molar-refractivity contribution is 4.89. The third kappa shape index (κ3) is 5.08. The van der Waals surface area contributed by atoms with Crippen LogP contribution in [0.2, 0.25) is 0 Å². The summed E-state index contributed by atoms with van der Waals surface area (Å²) in [4.78, 5) is 7.04. The first-order chi connectivity index (χ1) is 10.2. The molecular weight excluding hydrogens is 264 g/mol. The number of aromatic nitrogens is 2. The second kappa shape index (κ2) is 8.49. The van der Waals surface area contributed by atoms with Gasteiger partial charge in [-0.25, -0.2) is 0 Å². The van der Waals surface area contributed by atoms with Crippen molar-refractivity contribution in [3.05, 3.63) is 11.7 Å². The Labute approximate surface area is 128 Å². The summed E-state index contributed by atoms with van der Waals surface area (Å²) in [6.45, 7) is 6.28. The van der Waals surface area contributed by atoms with Gasteiger partial charge in [-0.15, -0.1) is 0 Å². The molecule has 1 aromatic rings. The number of hydrogen-bond donors (Lipinski definition) is 1. The van der Waals surface area contributed by atoms with E-state index in [9.17, 15) is 0 Å². The Morgan fingerprint density at radius 3 is 2.62 bits per heavy atom. The van der Waals surface area contributed by atoms with Crippen LogP contribution in [0.4, 0.5) is 0 Å². The molecule has 0 aromatic carbocycles. The number of rotatable bonds is 8. The molecule has 5 nitrogen and oxygen atoms in total. The number of nitrogens with zero attached hydrogens (tertiary/aromatic N) is 3. The van der Waals surface area contributed by atoms with E-state index in [2.05, 4.69) is 28.9 Å². The van der Waals surface area contributed by atoms with Crippen molar-refractivity contribution in [2.75, 3.05) is 6.54 Å². The second-order valence-electron chi connectivity index (χ2n) is 6.25. The lowest BCUT2D eigenvalue weighted by Crippen LogP contribution is -2.40. The summed E-state index contributed by atoms with van der Waals surface area (Å²) in [7, 11) is 0. The lowest BCUT2D eigenvalue weighted by atomic mass is 9.90. The van der Waals surface area contributed by atoms with Gasteiger partial charge in [0.25, 0.3) is 0 Å². The topological polar surface area (TPSA) is 68.2 Å². The van der Waals surface area contributed by atoms with Crippen molar-refractivity contribution in [3.63, 3.8) is 0 Å². The third-order valence-electron chi connectivity index (χ3n) is 4.37. The van der Waals surface area contributed by atoms with Crippen LogP contribution in [0.3, 0.4) is 0 Å². The molecular formula is C16H30N4O. The van der Waals surface area contributed by atoms with Gasteiger partial charge in [0, 0.05) is 18.5 Å². The van der Waals surface area contributed by atoms with Crippen molar-refractivity contribution >= 4 is 0 Å². The van der Waals surface area contributed by atoms with E-state index >= 15 is 0 Å². The van der Waals surface area contributed by atoms with Gasteiger partial charge in [0.2, 0.25) is 5.89 Å². The van der Waals surface area contributed by atoms with Crippen molar-refractivity contribution < 1.29 is 4.52 Å². The van der Waals surface area contributed by atoms with Gasteiger partial charge in [0.1, 0.15) is 0 Å². The lowest BCUT2D eigenvalue weighted by molar-refractivity contribution is 0.126. The van der Waals surface area contributed by atoms with Crippen LogP contribution in [0.15, 0.2) is 4.52 Å². The van der Waals surface area contributed by atoms with Crippen LogP contribution in [-0.4, -0.2) is 33.7 Å². The molecule has 0 radical (unpaired) electrons. The molecule has 21 heavy (non-hydrogen) atoms. The molecule has 1 aliphatic rings. The van der Waals surface area contributed by atoms with Crippen molar-refractivity contribution in [1.29, 1.82) is 0 Å². The Kier molecular flexibility index (Phi) is 6.64. The van der Waals surface area contributed by atoms with E-state index < -0.39 is 0 Å². The van der Waals surface area contributed by atoms with Gasteiger partial charge in [-0.3, -0.25) is 4.90 Å². The molecule has 2 N–H and O–H groups in total. The highest BCUT2D eigenvalue weighted by Crippen LogP contribution is 2.23. The molecule has 0 amide bonds. The van der Waals surface area contributed by atoms with E-state index in [4.69, 9.17) is 10.3 Å². The Morgan fingerprint density at radius 1 is 1.19 bits per heavy atom. The second-order valence-corrected chi connectivity index (χ2v) is 6.25. The van der Waals surface area contributed by atoms with Crippen LogP contribution >= 0.6 is 0 Å². The maximum atomic E-state index is 6.01. The highest BCUT2D eigenvalue weighted by atomic mass is 16.5. The summed E-state index contributed by atoms with van der Waals surface area (Å²) >= 11 is 0. The van der Waals surface area contributed by atoms with Gasteiger partial charge in [-0.2, -0.15) is 4.98 Å².